The van der Waals surface area contributed by atoms with Gasteiger partial charge in [0.15, 0.2) is 0 Å². The minimum Gasteiger partial charge on any atom is -0.359 e. The van der Waals surface area contributed by atoms with Crippen LogP contribution in [0.15, 0.2) is 42.6 Å². The van der Waals surface area contributed by atoms with Crippen molar-refractivity contribution in [2.24, 2.45) is 5.92 Å². The number of nitrogens with one attached hydrogen (secondary N) is 3. The SMILES string of the molecule is CNC(=O)[C@H]1CN(Cc2ccccc2)C[C@@H]1NC(=O)c1ccn[nH]1. The van der Waals surface area contributed by atoms with E-state index < -0.39 is 0 Å². The lowest BCUT2D eigenvalue weighted by atomic mass is 10.0. The molecule has 2 atom stereocenters. The molecular weight excluding hydrogens is 306 g/mol. The van der Waals surface area contributed by atoms with Gasteiger partial charge in [0.05, 0.1) is 12.0 Å². The zero-order chi connectivity index (χ0) is 16.9. The van der Waals surface area contributed by atoms with Crippen molar-refractivity contribution in [2.45, 2.75) is 12.6 Å². The molecule has 1 aliphatic heterocycles. The van der Waals surface area contributed by atoms with Crippen LogP contribution in [0.2, 0.25) is 0 Å². The highest BCUT2D eigenvalue weighted by molar-refractivity contribution is 5.93. The molecule has 2 heterocycles. The van der Waals surface area contributed by atoms with Crippen molar-refractivity contribution in [3.05, 3.63) is 53.9 Å². The van der Waals surface area contributed by atoms with E-state index in [-0.39, 0.29) is 23.8 Å². The van der Waals surface area contributed by atoms with E-state index in [0.717, 1.165) is 6.54 Å². The quantitative estimate of drug-likeness (QED) is 0.741. The molecular formula is C17H21N5O2. The summed E-state index contributed by atoms with van der Waals surface area (Å²) in [5.41, 5.74) is 1.58. The molecule has 2 aromatic rings. The summed E-state index contributed by atoms with van der Waals surface area (Å²) in [6, 6.07) is 11.5. The van der Waals surface area contributed by atoms with Gasteiger partial charge < -0.3 is 10.6 Å². The lowest BCUT2D eigenvalue weighted by Gasteiger charge is -2.18. The van der Waals surface area contributed by atoms with Crippen molar-refractivity contribution in [1.29, 1.82) is 0 Å². The van der Waals surface area contributed by atoms with Crippen LogP contribution >= 0.6 is 0 Å². The summed E-state index contributed by atoms with van der Waals surface area (Å²) in [7, 11) is 1.62. The zero-order valence-corrected chi connectivity index (χ0v) is 13.5. The molecule has 7 heteroatoms. The number of benzene rings is 1. The summed E-state index contributed by atoms with van der Waals surface area (Å²) >= 11 is 0. The summed E-state index contributed by atoms with van der Waals surface area (Å²) in [4.78, 5) is 26.6. The van der Waals surface area contributed by atoms with Crippen molar-refractivity contribution < 1.29 is 9.59 Å². The lowest BCUT2D eigenvalue weighted by Crippen LogP contribution is -2.45. The van der Waals surface area contributed by atoms with Crippen LogP contribution in [-0.2, 0) is 11.3 Å². The number of nitrogens with zero attached hydrogens (tertiary/aromatic N) is 2. The highest BCUT2D eigenvalue weighted by Crippen LogP contribution is 2.20. The van der Waals surface area contributed by atoms with Gasteiger partial charge in [-0.15, -0.1) is 0 Å². The summed E-state index contributed by atoms with van der Waals surface area (Å²) in [5, 5.41) is 12.1. The molecule has 126 valence electrons. The van der Waals surface area contributed by atoms with E-state index in [9.17, 15) is 9.59 Å². The standard InChI is InChI=1S/C17H21N5O2/c1-18-16(23)13-10-22(9-12-5-3-2-4-6-12)11-15(13)20-17(24)14-7-8-19-21-14/h2-8,13,15H,9-11H2,1H3,(H,18,23)(H,19,21)(H,20,24)/t13-,15-/m0/s1. The summed E-state index contributed by atoms with van der Waals surface area (Å²) in [5.74, 6) is -0.570. The molecule has 1 aromatic carbocycles. The van der Waals surface area contributed by atoms with Crippen molar-refractivity contribution in [1.82, 2.24) is 25.7 Å². The van der Waals surface area contributed by atoms with Gasteiger partial charge in [-0.25, -0.2) is 0 Å². The van der Waals surface area contributed by atoms with E-state index >= 15 is 0 Å². The smallest absolute Gasteiger partial charge is 0.269 e. The van der Waals surface area contributed by atoms with E-state index in [4.69, 9.17) is 0 Å². The van der Waals surface area contributed by atoms with Crippen LogP contribution in [-0.4, -0.2) is 53.1 Å². The van der Waals surface area contributed by atoms with Crippen LogP contribution < -0.4 is 10.6 Å². The third-order valence-corrected chi connectivity index (χ3v) is 4.29. The number of hydrogen-bond donors (Lipinski definition) is 3. The molecule has 3 rings (SSSR count). The van der Waals surface area contributed by atoms with Crippen molar-refractivity contribution >= 4 is 11.8 Å². The maximum Gasteiger partial charge on any atom is 0.269 e. The Kier molecular flexibility index (Phi) is 4.90. The monoisotopic (exact) mass is 327 g/mol. The highest BCUT2D eigenvalue weighted by Gasteiger charge is 2.38. The van der Waals surface area contributed by atoms with Crippen LogP contribution in [0.5, 0.6) is 0 Å². The van der Waals surface area contributed by atoms with E-state index in [0.29, 0.717) is 18.8 Å². The Bertz CT molecular complexity index is 686. The first-order valence-corrected chi connectivity index (χ1v) is 7.95. The van der Waals surface area contributed by atoms with Crippen molar-refractivity contribution in [3.8, 4) is 0 Å². The predicted octanol–water partition coefficient (Wildman–Crippen LogP) is 0.386. The molecule has 0 saturated carbocycles. The van der Waals surface area contributed by atoms with Gasteiger partial charge in [-0.1, -0.05) is 30.3 Å². The maximum absolute atomic E-state index is 12.3. The fraction of sp³-hybridized carbons (Fsp3) is 0.353. The minimum absolute atomic E-state index is 0.0551. The molecule has 1 aromatic heterocycles. The molecule has 0 bridgehead atoms. The normalized spacial score (nSPS) is 20.7. The molecule has 1 aliphatic rings. The second-order valence-electron chi connectivity index (χ2n) is 5.95. The van der Waals surface area contributed by atoms with Gasteiger partial charge in [0.25, 0.3) is 5.91 Å². The van der Waals surface area contributed by atoms with E-state index in [1.807, 2.05) is 18.2 Å². The van der Waals surface area contributed by atoms with Gasteiger partial charge in [0.2, 0.25) is 5.91 Å². The summed E-state index contributed by atoms with van der Waals surface area (Å²) in [6.07, 6.45) is 1.53. The van der Waals surface area contributed by atoms with Gasteiger partial charge in [-0.2, -0.15) is 5.10 Å². The van der Waals surface area contributed by atoms with E-state index in [1.54, 1.807) is 13.1 Å². The van der Waals surface area contributed by atoms with Gasteiger partial charge in [0, 0.05) is 32.9 Å². The molecule has 0 spiro atoms. The fourth-order valence-corrected chi connectivity index (χ4v) is 3.08. The molecule has 1 fully saturated rings. The molecule has 0 radical (unpaired) electrons. The van der Waals surface area contributed by atoms with Gasteiger partial charge in [0.1, 0.15) is 5.69 Å². The molecule has 0 unspecified atom stereocenters. The van der Waals surface area contributed by atoms with Crippen LogP contribution in [0.4, 0.5) is 0 Å². The van der Waals surface area contributed by atoms with E-state index in [2.05, 4.69) is 37.9 Å². The lowest BCUT2D eigenvalue weighted by molar-refractivity contribution is -0.124. The first-order valence-electron chi connectivity index (χ1n) is 7.95. The average molecular weight is 327 g/mol. The van der Waals surface area contributed by atoms with Gasteiger partial charge >= 0.3 is 0 Å². The molecule has 7 nitrogen and oxygen atoms in total. The minimum atomic E-state index is -0.273. The number of carbonyl (C=O) groups is 2. The van der Waals surface area contributed by atoms with Crippen LogP contribution in [0, 0.1) is 5.92 Å². The Hall–Kier alpha value is -2.67. The molecule has 1 saturated heterocycles. The van der Waals surface area contributed by atoms with Crippen molar-refractivity contribution in [3.63, 3.8) is 0 Å². The Morgan fingerprint density at radius 1 is 1.25 bits per heavy atom. The highest BCUT2D eigenvalue weighted by atomic mass is 16.2. The molecule has 2 amide bonds. The number of hydrogen-bond acceptors (Lipinski definition) is 4. The van der Waals surface area contributed by atoms with Crippen LogP contribution in [0.1, 0.15) is 16.1 Å². The summed E-state index contributed by atoms with van der Waals surface area (Å²) in [6.45, 7) is 2.00. The average Bonchev–Trinajstić information content (AvgIpc) is 3.25. The number of H-pyrrole nitrogens is 1. The third kappa shape index (κ3) is 3.62. The van der Waals surface area contributed by atoms with Crippen molar-refractivity contribution in [2.75, 3.05) is 20.1 Å². The molecule has 0 aliphatic carbocycles. The predicted molar refractivity (Wildman–Crippen MR) is 89.1 cm³/mol. The largest absolute Gasteiger partial charge is 0.359 e. The second-order valence-corrected chi connectivity index (χ2v) is 5.95. The maximum atomic E-state index is 12.3. The zero-order valence-electron chi connectivity index (χ0n) is 13.5. The van der Waals surface area contributed by atoms with Gasteiger partial charge in [-0.05, 0) is 11.6 Å². The molecule has 24 heavy (non-hydrogen) atoms. The second kappa shape index (κ2) is 7.27. The number of aromatic nitrogens is 2. The Labute approximate surface area is 140 Å². The third-order valence-electron chi connectivity index (χ3n) is 4.29. The number of rotatable bonds is 5. The van der Waals surface area contributed by atoms with Gasteiger partial charge in [-0.3, -0.25) is 19.6 Å². The number of likely N-dealkylation sites (tertiary alicyclic amines) is 1. The topological polar surface area (TPSA) is 90.1 Å². The van der Waals surface area contributed by atoms with E-state index in [1.165, 1.54) is 11.8 Å². The van der Waals surface area contributed by atoms with Crippen LogP contribution in [0.3, 0.4) is 0 Å². The Morgan fingerprint density at radius 2 is 2.04 bits per heavy atom. The Morgan fingerprint density at radius 3 is 2.71 bits per heavy atom. The fourth-order valence-electron chi connectivity index (χ4n) is 3.08. The first-order chi connectivity index (χ1) is 11.7. The summed E-state index contributed by atoms with van der Waals surface area (Å²) < 4.78 is 0. The first kappa shape index (κ1) is 16.2. The number of amides is 2. The number of aromatic amines is 1. The molecule has 3 N–H and O–H groups in total. The number of carbonyl (C=O) groups excluding carboxylic acids is 2. The van der Waals surface area contributed by atoms with Crippen LogP contribution in [0.25, 0.3) is 0 Å². The Balaban J connectivity index is 1.68.